The monoisotopic (exact) mass is 213 g/mol. The summed E-state index contributed by atoms with van der Waals surface area (Å²) in [6, 6.07) is 4.69. The SMILES string of the molecule is CC(C)=CCNc1ccc(Cl)c(F)c1. The van der Waals surface area contributed by atoms with Gasteiger partial charge in [0.25, 0.3) is 0 Å². The van der Waals surface area contributed by atoms with Crippen molar-refractivity contribution >= 4 is 17.3 Å². The van der Waals surface area contributed by atoms with Crippen LogP contribution in [0.5, 0.6) is 0 Å². The average Bonchev–Trinajstić information content (AvgIpc) is 2.10. The van der Waals surface area contributed by atoms with Crippen LogP contribution in [-0.2, 0) is 0 Å². The molecule has 1 nitrogen and oxygen atoms in total. The standard InChI is InChI=1S/C11H13ClFN/c1-8(2)5-6-14-9-3-4-10(12)11(13)7-9/h3-5,7,14H,6H2,1-2H3. The molecular weight excluding hydrogens is 201 g/mol. The Kier molecular flexibility index (Phi) is 3.96. The fourth-order valence-electron chi connectivity index (χ4n) is 0.979. The maximum absolute atomic E-state index is 13.0. The summed E-state index contributed by atoms with van der Waals surface area (Å²) < 4.78 is 13.0. The van der Waals surface area contributed by atoms with Gasteiger partial charge in [-0.25, -0.2) is 4.39 Å². The summed E-state index contributed by atoms with van der Waals surface area (Å²) in [7, 11) is 0. The lowest BCUT2D eigenvalue weighted by atomic mass is 10.3. The quantitative estimate of drug-likeness (QED) is 0.752. The van der Waals surface area contributed by atoms with Crippen molar-refractivity contribution < 1.29 is 4.39 Å². The summed E-state index contributed by atoms with van der Waals surface area (Å²) in [4.78, 5) is 0. The van der Waals surface area contributed by atoms with Gasteiger partial charge in [-0.15, -0.1) is 0 Å². The van der Waals surface area contributed by atoms with Gasteiger partial charge in [0, 0.05) is 12.2 Å². The van der Waals surface area contributed by atoms with Crippen LogP contribution in [0, 0.1) is 5.82 Å². The van der Waals surface area contributed by atoms with E-state index in [4.69, 9.17) is 11.6 Å². The summed E-state index contributed by atoms with van der Waals surface area (Å²) in [5, 5.41) is 3.22. The second-order valence-electron chi connectivity index (χ2n) is 3.29. The number of anilines is 1. The van der Waals surface area contributed by atoms with Crippen molar-refractivity contribution in [2.24, 2.45) is 0 Å². The van der Waals surface area contributed by atoms with Gasteiger partial charge in [-0.1, -0.05) is 23.3 Å². The number of allylic oxidation sites excluding steroid dienone is 1. The van der Waals surface area contributed by atoms with E-state index in [2.05, 4.69) is 5.32 Å². The van der Waals surface area contributed by atoms with Crippen LogP contribution in [0.25, 0.3) is 0 Å². The Morgan fingerprint density at radius 2 is 2.21 bits per heavy atom. The number of nitrogens with one attached hydrogen (secondary N) is 1. The number of hydrogen-bond donors (Lipinski definition) is 1. The molecule has 1 N–H and O–H groups in total. The lowest BCUT2D eigenvalue weighted by Gasteiger charge is -2.04. The van der Waals surface area contributed by atoms with Crippen LogP contribution in [0.15, 0.2) is 29.8 Å². The molecule has 0 aliphatic carbocycles. The van der Waals surface area contributed by atoms with Crippen molar-refractivity contribution in [1.82, 2.24) is 0 Å². The Morgan fingerprint density at radius 1 is 1.50 bits per heavy atom. The zero-order chi connectivity index (χ0) is 10.6. The molecule has 0 radical (unpaired) electrons. The topological polar surface area (TPSA) is 12.0 Å². The molecule has 0 aliphatic rings. The Morgan fingerprint density at radius 3 is 2.79 bits per heavy atom. The Hall–Kier alpha value is -1.02. The highest BCUT2D eigenvalue weighted by atomic mass is 35.5. The third-order valence-corrected chi connectivity index (χ3v) is 2.04. The molecule has 0 spiro atoms. The van der Waals surface area contributed by atoms with Crippen molar-refractivity contribution in [3.63, 3.8) is 0 Å². The van der Waals surface area contributed by atoms with Gasteiger partial charge in [0.15, 0.2) is 0 Å². The molecule has 0 heterocycles. The fourth-order valence-corrected chi connectivity index (χ4v) is 1.10. The molecule has 76 valence electrons. The smallest absolute Gasteiger partial charge is 0.143 e. The van der Waals surface area contributed by atoms with Crippen molar-refractivity contribution in [1.29, 1.82) is 0 Å². The number of halogens is 2. The largest absolute Gasteiger partial charge is 0.381 e. The first-order valence-corrected chi connectivity index (χ1v) is 4.79. The first-order chi connectivity index (χ1) is 6.59. The highest BCUT2D eigenvalue weighted by Crippen LogP contribution is 2.18. The molecule has 0 atom stereocenters. The van der Waals surface area contributed by atoms with E-state index in [1.165, 1.54) is 11.6 Å². The Bertz CT molecular complexity index is 343. The van der Waals surface area contributed by atoms with Crippen LogP contribution in [0.4, 0.5) is 10.1 Å². The number of benzene rings is 1. The predicted octanol–water partition coefficient (Wildman–Crippen LogP) is 3.86. The van der Waals surface area contributed by atoms with Gasteiger partial charge >= 0.3 is 0 Å². The molecule has 1 aromatic carbocycles. The van der Waals surface area contributed by atoms with Gasteiger partial charge in [0.2, 0.25) is 0 Å². The molecule has 0 saturated carbocycles. The van der Waals surface area contributed by atoms with Gasteiger partial charge in [-0.05, 0) is 32.0 Å². The molecule has 1 aromatic rings. The van der Waals surface area contributed by atoms with E-state index in [1.807, 2.05) is 19.9 Å². The summed E-state index contributed by atoms with van der Waals surface area (Å²) in [5.74, 6) is -0.395. The number of hydrogen-bond acceptors (Lipinski definition) is 1. The van der Waals surface area contributed by atoms with Crippen LogP contribution in [-0.4, -0.2) is 6.54 Å². The highest BCUT2D eigenvalue weighted by Gasteiger charge is 1.99. The van der Waals surface area contributed by atoms with Crippen LogP contribution in [0.1, 0.15) is 13.8 Å². The number of rotatable bonds is 3. The van der Waals surface area contributed by atoms with Crippen molar-refractivity contribution in [2.45, 2.75) is 13.8 Å². The van der Waals surface area contributed by atoms with Gasteiger partial charge in [0.1, 0.15) is 5.82 Å². The van der Waals surface area contributed by atoms with Crippen molar-refractivity contribution in [3.8, 4) is 0 Å². The van der Waals surface area contributed by atoms with Crippen molar-refractivity contribution in [3.05, 3.63) is 40.7 Å². The van der Waals surface area contributed by atoms with E-state index in [1.54, 1.807) is 12.1 Å². The van der Waals surface area contributed by atoms with E-state index in [9.17, 15) is 4.39 Å². The van der Waals surface area contributed by atoms with Gasteiger partial charge in [-0.2, -0.15) is 0 Å². The third kappa shape index (κ3) is 3.38. The molecule has 3 heteroatoms. The van der Waals surface area contributed by atoms with Crippen LogP contribution in [0.3, 0.4) is 0 Å². The normalized spacial score (nSPS) is 9.71. The summed E-state index contributed by atoms with van der Waals surface area (Å²) in [6.07, 6.45) is 2.03. The molecule has 1 rings (SSSR count). The van der Waals surface area contributed by atoms with Gasteiger partial charge < -0.3 is 5.32 Å². The van der Waals surface area contributed by atoms with Gasteiger partial charge in [0.05, 0.1) is 5.02 Å². The molecule has 0 bridgehead atoms. The summed E-state index contributed by atoms with van der Waals surface area (Å²) in [6.45, 7) is 4.73. The Labute approximate surface area is 88.6 Å². The first-order valence-electron chi connectivity index (χ1n) is 4.42. The van der Waals surface area contributed by atoms with Crippen LogP contribution < -0.4 is 5.32 Å². The van der Waals surface area contributed by atoms with E-state index in [-0.39, 0.29) is 5.02 Å². The molecule has 0 unspecified atom stereocenters. The zero-order valence-electron chi connectivity index (χ0n) is 8.27. The minimum absolute atomic E-state index is 0.151. The third-order valence-electron chi connectivity index (χ3n) is 1.74. The second-order valence-corrected chi connectivity index (χ2v) is 3.70. The zero-order valence-corrected chi connectivity index (χ0v) is 9.03. The highest BCUT2D eigenvalue weighted by molar-refractivity contribution is 6.30. The molecule has 0 fully saturated rings. The van der Waals surface area contributed by atoms with Crippen LogP contribution in [0.2, 0.25) is 5.02 Å². The summed E-state index contributed by atoms with van der Waals surface area (Å²) >= 11 is 5.55. The molecule has 0 aliphatic heterocycles. The molecule has 0 aromatic heterocycles. The van der Waals surface area contributed by atoms with E-state index < -0.39 is 5.82 Å². The minimum Gasteiger partial charge on any atom is -0.381 e. The van der Waals surface area contributed by atoms with E-state index >= 15 is 0 Å². The maximum Gasteiger partial charge on any atom is 0.143 e. The predicted molar refractivity (Wildman–Crippen MR) is 59.3 cm³/mol. The molecular formula is C11H13ClFN. The summed E-state index contributed by atoms with van der Waals surface area (Å²) in [5.41, 5.74) is 1.97. The molecule has 0 saturated heterocycles. The maximum atomic E-state index is 13.0. The second kappa shape index (κ2) is 5.01. The lowest BCUT2D eigenvalue weighted by molar-refractivity contribution is 0.629. The van der Waals surface area contributed by atoms with Gasteiger partial charge in [-0.3, -0.25) is 0 Å². The average molecular weight is 214 g/mol. The molecule has 14 heavy (non-hydrogen) atoms. The van der Waals surface area contributed by atoms with Crippen molar-refractivity contribution in [2.75, 3.05) is 11.9 Å². The van der Waals surface area contributed by atoms with Crippen LogP contribution >= 0.6 is 11.6 Å². The van der Waals surface area contributed by atoms with E-state index in [0.717, 1.165) is 5.69 Å². The fraction of sp³-hybridized carbons (Fsp3) is 0.273. The molecule has 0 amide bonds. The minimum atomic E-state index is -0.395. The van der Waals surface area contributed by atoms with E-state index in [0.29, 0.717) is 6.54 Å². The first kappa shape index (κ1) is 11.1. The Balaban J connectivity index is 2.60. The lowest BCUT2D eigenvalue weighted by Crippen LogP contribution is -1.98.